The molecule has 3 aromatic rings. The van der Waals surface area contributed by atoms with Gasteiger partial charge < -0.3 is 0 Å². The number of hydrogen-bond donors (Lipinski definition) is 1. The van der Waals surface area contributed by atoms with E-state index in [1.807, 2.05) is 36.5 Å². The molecule has 0 spiro atoms. The maximum Gasteiger partial charge on any atom is 0.0702 e. The summed E-state index contributed by atoms with van der Waals surface area (Å²) in [6.07, 6.45) is 3.62. The lowest BCUT2D eigenvalue weighted by Gasteiger charge is -1.99. The van der Waals surface area contributed by atoms with Gasteiger partial charge in [-0.3, -0.25) is 10.1 Å². The van der Waals surface area contributed by atoms with Crippen LogP contribution in [0.5, 0.6) is 0 Å². The maximum absolute atomic E-state index is 4.31. The van der Waals surface area contributed by atoms with Crippen LogP contribution in [0.15, 0.2) is 48.8 Å². The molecule has 72 valence electrons. The third kappa shape index (κ3) is 1.38. The molecule has 0 saturated heterocycles. The Labute approximate surface area is 86.8 Å². The monoisotopic (exact) mass is 195 g/mol. The Morgan fingerprint density at radius 3 is 2.93 bits per heavy atom. The van der Waals surface area contributed by atoms with E-state index in [1.54, 1.807) is 6.20 Å². The number of fused-ring (bicyclic) bond motifs is 1. The highest BCUT2D eigenvalue weighted by Gasteiger charge is 2.00. The van der Waals surface area contributed by atoms with Crippen LogP contribution in [0.4, 0.5) is 0 Å². The van der Waals surface area contributed by atoms with Crippen molar-refractivity contribution in [1.29, 1.82) is 0 Å². The van der Waals surface area contributed by atoms with Crippen LogP contribution in [0, 0.1) is 0 Å². The first-order valence-electron chi connectivity index (χ1n) is 4.78. The Hall–Kier alpha value is -2.16. The molecule has 3 rings (SSSR count). The fourth-order valence-corrected chi connectivity index (χ4v) is 1.64. The van der Waals surface area contributed by atoms with Gasteiger partial charge in [-0.2, -0.15) is 5.10 Å². The Balaban J connectivity index is 2.19. The van der Waals surface area contributed by atoms with Crippen molar-refractivity contribution in [1.82, 2.24) is 15.2 Å². The largest absolute Gasteiger partial charge is 0.278 e. The molecule has 0 radical (unpaired) electrons. The van der Waals surface area contributed by atoms with Crippen molar-refractivity contribution in [3.8, 4) is 11.3 Å². The smallest absolute Gasteiger partial charge is 0.0702 e. The first-order valence-corrected chi connectivity index (χ1v) is 4.78. The third-order valence-electron chi connectivity index (χ3n) is 2.40. The molecule has 0 aliphatic rings. The quantitative estimate of drug-likeness (QED) is 0.648. The number of H-pyrrole nitrogens is 1. The minimum Gasteiger partial charge on any atom is -0.278 e. The third-order valence-corrected chi connectivity index (χ3v) is 2.40. The first kappa shape index (κ1) is 8.17. The average Bonchev–Trinajstić information content (AvgIpc) is 2.77. The summed E-state index contributed by atoms with van der Waals surface area (Å²) in [7, 11) is 0. The lowest BCUT2D eigenvalue weighted by molar-refractivity contribution is 1.12. The zero-order chi connectivity index (χ0) is 10.1. The summed E-state index contributed by atoms with van der Waals surface area (Å²) in [5.41, 5.74) is 3.15. The SMILES string of the molecule is c1ccc(-c2ccc3[nH]ncc3c2)nc1. The zero-order valence-corrected chi connectivity index (χ0v) is 8.01. The van der Waals surface area contributed by atoms with Crippen molar-refractivity contribution < 1.29 is 0 Å². The molecule has 1 N–H and O–H groups in total. The second-order valence-electron chi connectivity index (χ2n) is 3.39. The molecule has 0 atom stereocenters. The number of nitrogens with one attached hydrogen (secondary N) is 1. The topological polar surface area (TPSA) is 41.6 Å². The van der Waals surface area contributed by atoms with Gasteiger partial charge in [0.1, 0.15) is 0 Å². The Morgan fingerprint density at radius 1 is 1.07 bits per heavy atom. The van der Waals surface area contributed by atoms with Crippen molar-refractivity contribution in [2.75, 3.05) is 0 Å². The maximum atomic E-state index is 4.31. The van der Waals surface area contributed by atoms with Crippen LogP contribution in [0.1, 0.15) is 0 Å². The van der Waals surface area contributed by atoms with E-state index in [9.17, 15) is 0 Å². The van der Waals surface area contributed by atoms with Gasteiger partial charge in [-0.05, 0) is 24.3 Å². The molecule has 0 saturated carbocycles. The summed E-state index contributed by atoms with van der Waals surface area (Å²) in [6.45, 7) is 0. The summed E-state index contributed by atoms with van der Waals surface area (Å²) >= 11 is 0. The summed E-state index contributed by atoms with van der Waals surface area (Å²) in [6, 6.07) is 12.1. The normalized spacial score (nSPS) is 10.7. The van der Waals surface area contributed by atoms with E-state index in [0.29, 0.717) is 0 Å². The standard InChI is InChI=1S/C12H9N3/c1-2-6-13-11(3-1)9-4-5-12-10(7-9)8-14-15-12/h1-8H,(H,14,15). The van der Waals surface area contributed by atoms with E-state index in [0.717, 1.165) is 22.2 Å². The predicted octanol–water partition coefficient (Wildman–Crippen LogP) is 2.62. The van der Waals surface area contributed by atoms with Gasteiger partial charge >= 0.3 is 0 Å². The van der Waals surface area contributed by atoms with Crippen molar-refractivity contribution in [3.63, 3.8) is 0 Å². The van der Waals surface area contributed by atoms with Gasteiger partial charge in [0.2, 0.25) is 0 Å². The number of aromatic amines is 1. The zero-order valence-electron chi connectivity index (χ0n) is 8.01. The van der Waals surface area contributed by atoms with Gasteiger partial charge in [-0.15, -0.1) is 0 Å². The molecule has 3 nitrogen and oxygen atoms in total. The molecule has 3 heteroatoms. The number of benzene rings is 1. The van der Waals surface area contributed by atoms with Crippen molar-refractivity contribution in [2.45, 2.75) is 0 Å². The highest BCUT2D eigenvalue weighted by molar-refractivity contribution is 5.83. The van der Waals surface area contributed by atoms with E-state index >= 15 is 0 Å². The molecule has 2 heterocycles. The fourth-order valence-electron chi connectivity index (χ4n) is 1.64. The fraction of sp³-hybridized carbons (Fsp3) is 0. The number of nitrogens with zero attached hydrogens (tertiary/aromatic N) is 2. The van der Waals surface area contributed by atoms with Gasteiger partial charge in [0.25, 0.3) is 0 Å². The average molecular weight is 195 g/mol. The van der Waals surface area contributed by atoms with E-state index in [-0.39, 0.29) is 0 Å². The Morgan fingerprint density at radius 2 is 2.07 bits per heavy atom. The molecule has 2 aromatic heterocycles. The van der Waals surface area contributed by atoms with E-state index in [4.69, 9.17) is 0 Å². The van der Waals surface area contributed by atoms with Crippen LogP contribution in [0.25, 0.3) is 22.2 Å². The van der Waals surface area contributed by atoms with Crippen LogP contribution >= 0.6 is 0 Å². The van der Waals surface area contributed by atoms with E-state index in [1.165, 1.54) is 0 Å². The van der Waals surface area contributed by atoms with Crippen LogP contribution in [-0.4, -0.2) is 15.2 Å². The molecule has 15 heavy (non-hydrogen) atoms. The van der Waals surface area contributed by atoms with Gasteiger partial charge in [0, 0.05) is 17.1 Å². The van der Waals surface area contributed by atoms with Gasteiger partial charge in [-0.1, -0.05) is 12.1 Å². The van der Waals surface area contributed by atoms with Crippen LogP contribution in [-0.2, 0) is 0 Å². The van der Waals surface area contributed by atoms with Crippen LogP contribution in [0.3, 0.4) is 0 Å². The molecular weight excluding hydrogens is 186 g/mol. The van der Waals surface area contributed by atoms with Crippen LogP contribution in [0.2, 0.25) is 0 Å². The highest BCUT2D eigenvalue weighted by atomic mass is 15.1. The summed E-state index contributed by atoms with van der Waals surface area (Å²) < 4.78 is 0. The summed E-state index contributed by atoms with van der Waals surface area (Å²) in [5, 5.41) is 8.03. The molecule has 0 aliphatic carbocycles. The molecule has 0 amide bonds. The second-order valence-corrected chi connectivity index (χ2v) is 3.39. The number of aromatic nitrogens is 3. The number of pyridine rings is 1. The first-order chi connectivity index (χ1) is 7.43. The van der Waals surface area contributed by atoms with Crippen LogP contribution < -0.4 is 0 Å². The van der Waals surface area contributed by atoms with Gasteiger partial charge in [0.15, 0.2) is 0 Å². The van der Waals surface area contributed by atoms with Gasteiger partial charge in [0.05, 0.1) is 17.4 Å². The van der Waals surface area contributed by atoms with E-state index in [2.05, 4.69) is 21.2 Å². The van der Waals surface area contributed by atoms with Crippen molar-refractivity contribution >= 4 is 10.9 Å². The predicted molar refractivity (Wildman–Crippen MR) is 59.3 cm³/mol. The van der Waals surface area contributed by atoms with E-state index < -0.39 is 0 Å². The molecule has 1 aromatic carbocycles. The highest BCUT2D eigenvalue weighted by Crippen LogP contribution is 2.20. The Bertz CT molecular complexity index is 584. The minimum absolute atomic E-state index is 0.987. The number of hydrogen-bond acceptors (Lipinski definition) is 2. The molecule has 0 aliphatic heterocycles. The Kier molecular flexibility index (Phi) is 1.75. The van der Waals surface area contributed by atoms with Gasteiger partial charge in [-0.25, -0.2) is 0 Å². The lowest BCUT2D eigenvalue weighted by atomic mass is 10.1. The molecule has 0 fully saturated rings. The minimum atomic E-state index is 0.987. The van der Waals surface area contributed by atoms with Crippen molar-refractivity contribution in [3.05, 3.63) is 48.8 Å². The second kappa shape index (κ2) is 3.20. The molecule has 0 unspecified atom stereocenters. The molecular formula is C12H9N3. The summed E-state index contributed by atoms with van der Waals surface area (Å²) in [5.74, 6) is 0. The molecule has 0 bridgehead atoms. The lowest BCUT2D eigenvalue weighted by Crippen LogP contribution is -1.81. The van der Waals surface area contributed by atoms with Crippen molar-refractivity contribution in [2.24, 2.45) is 0 Å². The number of rotatable bonds is 1. The summed E-state index contributed by atoms with van der Waals surface area (Å²) in [4.78, 5) is 4.31.